The minimum absolute atomic E-state index is 0.0545. The van der Waals surface area contributed by atoms with Gasteiger partial charge in [-0.15, -0.1) is 11.6 Å². The van der Waals surface area contributed by atoms with Gasteiger partial charge in [0.25, 0.3) is 0 Å². The molecule has 0 unspecified atom stereocenters. The van der Waals surface area contributed by atoms with Crippen LogP contribution in [-0.4, -0.2) is 19.2 Å². The second-order valence-electron chi connectivity index (χ2n) is 3.52. The zero-order valence-corrected chi connectivity index (χ0v) is 10.9. The van der Waals surface area contributed by atoms with Gasteiger partial charge in [-0.2, -0.15) is 0 Å². The molecule has 94 valence electrons. The molecule has 0 aliphatic heterocycles. The van der Waals surface area contributed by atoms with E-state index in [0.717, 1.165) is 23.3 Å². The van der Waals surface area contributed by atoms with Crippen molar-refractivity contribution in [3.05, 3.63) is 29.3 Å². The summed E-state index contributed by atoms with van der Waals surface area (Å²) >= 11 is 5.76. The molecule has 0 saturated heterocycles. The minimum atomic E-state index is -0.351. The molecule has 3 nitrogen and oxygen atoms in total. The van der Waals surface area contributed by atoms with E-state index in [4.69, 9.17) is 21.1 Å². The first kappa shape index (κ1) is 13.8. The van der Waals surface area contributed by atoms with E-state index in [1.807, 2.05) is 25.1 Å². The molecule has 0 heterocycles. The fraction of sp³-hybridized carbons (Fsp3) is 0.462. The molecule has 1 aromatic rings. The number of halogens is 1. The number of ether oxygens (including phenoxy) is 2. The Morgan fingerprint density at radius 1 is 1.35 bits per heavy atom. The van der Waals surface area contributed by atoms with E-state index in [1.165, 1.54) is 0 Å². The highest BCUT2D eigenvalue weighted by Crippen LogP contribution is 2.21. The van der Waals surface area contributed by atoms with E-state index in [1.54, 1.807) is 6.92 Å². The zero-order chi connectivity index (χ0) is 12.7. The van der Waals surface area contributed by atoms with Gasteiger partial charge in [0, 0.05) is 5.88 Å². The lowest BCUT2D eigenvalue weighted by molar-refractivity contribution is -0.145. The lowest BCUT2D eigenvalue weighted by Gasteiger charge is -2.11. The summed E-state index contributed by atoms with van der Waals surface area (Å²) in [5, 5.41) is 0. The van der Waals surface area contributed by atoms with E-state index in [9.17, 15) is 4.79 Å². The molecule has 1 rings (SSSR count). The largest absolute Gasteiger partial charge is 0.482 e. The van der Waals surface area contributed by atoms with Gasteiger partial charge >= 0.3 is 5.97 Å². The Labute approximate surface area is 107 Å². The number of carbonyl (C=O) groups is 1. The van der Waals surface area contributed by atoms with Crippen LogP contribution in [0.2, 0.25) is 0 Å². The van der Waals surface area contributed by atoms with E-state index >= 15 is 0 Å². The number of esters is 1. The molecule has 17 heavy (non-hydrogen) atoms. The minimum Gasteiger partial charge on any atom is -0.482 e. The van der Waals surface area contributed by atoms with Crippen LogP contribution in [0.5, 0.6) is 5.75 Å². The maximum atomic E-state index is 11.2. The van der Waals surface area contributed by atoms with Crippen molar-refractivity contribution in [2.45, 2.75) is 26.1 Å². The molecule has 0 saturated carbocycles. The Morgan fingerprint density at radius 3 is 2.71 bits per heavy atom. The van der Waals surface area contributed by atoms with Crippen LogP contribution in [0.1, 0.15) is 25.0 Å². The summed E-state index contributed by atoms with van der Waals surface area (Å²) in [5.74, 6) is 0.843. The predicted molar refractivity (Wildman–Crippen MR) is 67.5 cm³/mol. The zero-order valence-electron chi connectivity index (χ0n) is 10.2. The van der Waals surface area contributed by atoms with Gasteiger partial charge in [-0.3, -0.25) is 0 Å². The topological polar surface area (TPSA) is 35.5 Å². The first-order valence-corrected chi connectivity index (χ1v) is 6.20. The SMILES string of the molecule is CCOC(=O)COc1ccc(CCl)cc1CC. The first-order valence-electron chi connectivity index (χ1n) is 5.67. The maximum Gasteiger partial charge on any atom is 0.344 e. The molecule has 0 aliphatic carbocycles. The highest BCUT2D eigenvalue weighted by atomic mass is 35.5. The third kappa shape index (κ3) is 4.27. The summed E-state index contributed by atoms with van der Waals surface area (Å²) in [5.41, 5.74) is 2.10. The highest BCUT2D eigenvalue weighted by molar-refractivity contribution is 6.17. The van der Waals surface area contributed by atoms with Gasteiger partial charge in [0.15, 0.2) is 6.61 Å². The van der Waals surface area contributed by atoms with E-state index in [0.29, 0.717) is 12.5 Å². The van der Waals surface area contributed by atoms with Crippen LogP contribution >= 0.6 is 11.6 Å². The molecule has 0 N–H and O–H groups in total. The Bertz CT molecular complexity index is 377. The molecule has 0 fully saturated rings. The number of hydrogen-bond donors (Lipinski definition) is 0. The number of rotatable bonds is 6. The lowest BCUT2D eigenvalue weighted by atomic mass is 10.1. The molecule has 0 atom stereocenters. The standard InChI is InChI=1S/C13H17ClO3/c1-3-11-7-10(8-14)5-6-12(11)17-9-13(15)16-4-2/h5-7H,3-4,8-9H2,1-2H3. The molecule has 4 heteroatoms. The summed E-state index contributed by atoms with van der Waals surface area (Å²) in [7, 11) is 0. The van der Waals surface area contributed by atoms with Gasteiger partial charge in [0.2, 0.25) is 0 Å². The number of benzene rings is 1. The molecule has 0 aliphatic rings. The Morgan fingerprint density at radius 2 is 2.12 bits per heavy atom. The van der Waals surface area contributed by atoms with Crippen molar-refractivity contribution in [2.24, 2.45) is 0 Å². The number of alkyl halides is 1. The van der Waals surface area contributed by atoms with Crippen molar-refractivity contribution in [1.82, 2.24) is 0 Å². The quantitative estimate of drug-likeness (QED) is 0.580. The van der Waals surface area contributed by atoms with Gasteiger partial charge < -0.3 is 9.47 Å². The number of aryl methyl sites for hydroxylation is 1. The van der Waals surface area contributed by atoms with E-state index in [2.05, 4.69) is 0 Å². The fourth-order valence-corrected chi connectivity index (χ4v) is 1.64. The highest BCUT2D eigenvalue weighted by Gasteiger charge is 2.07. The van der Waals surface area contributed by atoms with Gasteiger partial charge in [0.05, 0.1) is 6.61 Å². The molecule has 0 amide bonds. The van der Waals surface area contributed by atoms with Gasteiger partial charge in [-0.25, -0.2) is 4.79 Å². The van der Waals surface area contributed by atoms with Gasteiger partial charge in [0.1, 0.15) is 5.75 Å². The van der Waals surface area contributed by atoms with Crippen molar-refractivity contribution < 1.29 is 14.3 Å². The lowest BCUT2D eigenvalue weighted by Crippen LogP contribution is -2.15. The molecule has 0 bridgehead atoms. The molecule has 0 spiro atoms. The third-order valence-corrected chi connectivity index (χ3v) is 2.62. The Balaban J connectivity index is 2.67. The average molecular weight is 257 g/mol. The van der Waals surface area contributed by atoms with Crippen LogP contribution in [0.15, 0.2) is 18.2 Å². The molecular formula is C13H17ClO3. The fourth-order valence-electron chi connectivity index (χ4n) is 1.47. The molecule has 0 radical (unpaired) electrons. The van der Waals surface area contributed by atoms with Crippen molar-refractivity contribution in [1.29, 1.82) is 0 Å². The van der Waals surface area contributed by atoms with Crippen LogP contribution in [0.25, 0.3) is 0 Å². The summed E-state index contributed by atoms with van der Waals surface area (Å²) in [4.78, 5) is 11.2. The monoisotopic (exact) mass is 256 g/mol. The Kier molecular flexibility index (Phi) is 5.84. The molecule has 1 aromatic carbocycles. The summed E-state index contributed by atoms with van der Waals surface area (Å²) < 4.78 is 10.2. The van der Waals surface area contributed by atoms with Crippen molar-refractivity contribution in [3.8, 4) is 5.75 Å². The average Bonchev–Trinajstić information content (AvgIpc) is 2.36. The van der Waals surface area contributed by atoms with Gasteiger partial charge in [-0.05, 0) is 30.5 Å². The number of hydrogen-bond acceptors (Lipinski definition) is 3. The third-order valence-electron chi connectivity index (χ3n) is 2.31. The second kappa shape index (κ2) is 7.17. The van der Waals surface area contributed by atoms with Crippen molar-refractivity contribution in [3.63, 3.8) is 0 Å². The van der Waals surface area contributed by atoms with Crippen molar-refractivity contribution in [2.75, 3.05) is 13.2 Å². The Hall–Kier alpha value is -1.22. The first-order chi connectivity index (χ1) is 8.21. The smallest absolute Gasteiger partial charge is 0.344 e. The van der Waals surface area contributed by atoms with Crippen LogP contribution in [0.4, 0.5) is 0 Å². The van der Waals surface area contributed by atoms with Crippen molar-refractivity contribution >= 4 is 17.6 Å². The normalized spacial score (nSPS) is 10.1. The predicted octanol–water partition coefficient (Wildman–Crippen LogP) is 2.93. The van der Waals surface area contributed by atoms with Gasteiger partial charge in [-0.1, -0.05) is 19.1 Å². The summed E-state index contributed by atoms with van der Waals surface area (Å²) in [6.45, 7) is 4.12. The van der Waals surface area contributed by atoms with Crippen LogP contribution < -0.4 is 4.74 Å². The maximum absolute atomic E-state index is 11.2. The van der Waals surface area contributed by atoms with Crippen LogP contribution in [0.3, 0.4) is 0 Å². The van der Waals surface area contributed by atoms with E-state index in [-0.39, 0.29) is 12.6 Å². The molecular weight excluding hydrogens is 240 g/mol. The molecule has 0 aromatic heterocycles. The van der Waals surface area contributed by atoms with E-state index < -0.39 is 0 Å². The van der Waals surface area contributed by atoms with Crippen LogP contribution in [-0.2, 0) is 21.8 Å². The number of carbonyl (C=O) groups excluding carboxylic acids is 1. The summed E-state index contributed by atoms with van der Waals surface area (Å²) in [6, 6.07) is 5.73. The second-order valence-corrected chi connectivity index (χ2v) is 3.79. The summed E-state index contributed by atoms with van der Waals surface area (Å²) in [6.07, 6.45) is 0.836. The van der Waals surface area contributed by atoms with Crippen LogP contribution in [0, 0.1) is 0 Å².